The zero-order valence-electron chi connectivity index (χ0n) is 19.0. The lowest BCUT2D eigenvalue weighted by molar-refractivity contribution is 0.592. The second-order valence-corrected chi connectivity index (χ2v) is 9.48. The number of aliphatic imine (C=N–C) groups is 2. The van der Waals surface area contributed by atoms with Crippen molar-refractivity contribution in [2.24, 2.45) is 21.6 Å². The van der Waals surface area contributed by atoms with Gasteiger partial charge in [0.15, 0.2) is 0 Å². The van der Waals surface area contributed by atoms with Crippen molar-refractivity contribution in [3.63, 3.8) is 0 Å². The van der Waals surface area contributed by atoms with E-state index in [0.717, 1.165) is 25.1 Å². The van der Waals surface area contributed by atoms with Gasteiger partial charge >= 0.3 is 0 Å². The number of hydrogen-bond donors (Lipinski definition) is 2. The summed E-state index contributed by atoms with van der Waals surface area (Å²) in [6.07, 6.45) is 8.31. The average Bonchev–Trinajstić information content (AvgIpc) is 3.60. The Labute approximate surface area is 191 Å². The van der Waals surface area contributed by atoms with Crippen molar-refractivity contribution in [1.29, 1.82) is 0 Å². The molecule has 0 aromatic heterocycles. The second-order valence-electron chi connectivity index (χ2n) is 9.48. The van der Waals surface area contributed by atoms with E-state index >= 15 is 0 Å². The van der Waals surface area contributed by atoms with Gasteiger partial charge in [0.2, 0.25) is 0 Å². The van der Waals surface area contributed by atoms with Gasteiger partial charge in [-0.05, 0) is 58.7 Å². The Morgan fingerprint density at radius 2 is 1.38 bits per heavy atom. The van der Waals surface area contributed by atoms with Gasteiger partial charge < -0.3 is 11.1 Å². The summed E-state index contributed by atoms with van der Waals surface area (Å²) < 4.78 is 0. The highest BCUT2D eigenvalue weighted by Gasteiger charge is 2.24. The van der Waals surface area contributed by atoms with Gasteiger partial charge in [0.05, 0.1) is 0 Å². The molecule has 2 atom stereocenters. The molecule has 3 aliphatic rings. The smallest absolute Gasteiger partial charge is 0.0459 e. The first-order valence-electron chi connectivity index (χ1n) is 11.8. The fourth-order valence-corrected chi connectivity index (χ4v) is 4.77. The van der Waals surface area contributed by atoms with E-state index in [-0.39, 0.29) is 6.04 Å². The molecule has 3 heterocycles. The maximum atomic E-state index is 6.28. The highest BCUT2D eigenvalue weighted by atomic mass is 15.0. The molecule has 164 valence electrons. The summed E-state index contributed by atoms with van der Waals surface area (Å²) in [6.45, 7) is 5.41. The number of benzene rings is 2. The van der Waals surface area contributed by atoms with Crippen LogP contribution in [0.2, 0.25) is 0 Å². The topological polar surface area (TPSA) is 62.8 Å². The Morgan fingerprint density at radius 1 is 0.812 bits per heavy atom. The molecule has 0 amide bonds. The van der Waals surface area contributed by atoms with Crippen LogP contribution >= 0.6 is 0 Å². The Balaban J connectivity index is 1.22. The molecular formula is C28H32N4. The van der Waals surface area contributed by atoms with Crippen molar-refractivity contribution >= 4 is 22.6 Å². The van der Waals surface area contributed by atoms with Gasteiger partial charge in [-0.25, -0.2) is 0 Å². The van der Waals surface area contributed by atoms with E-state index in [4.69, 9.17) is 10.7 Å². The van der Waals surface area contributed by atoms with E-state index in [9.17, 15) is 0 Å². The molecule has 0 unspecified atom stereocenters. The first kappa shape index (κ1) is 21.0. The van der Waals surface area contributed by atoms with Crippen LogP contribution in [-0.2, 0) is 0 Å². The number of rotatable bonds is 6. The maximum Gasteiger partial charge on any atom is 0.0459 e. The van der Waals surface area contributed by atoms with E-state index in [1.807, 2.05) is 6.20 Å². The molecule has 4 nitrogen and oxygen atoms in total. The minimum atomic E-state index is 0.0347. The van der Waals surface area contributed by atoms with Gasteiger partial charge in [-0.3, -0.25) is 9.98 Å². The molecule has 0 bridgehead atoms. The third-order valence-corrected chi connectivity index (χ3v) is 6.93. The van der Waals surface area contributed by atoms with Gasteiger partial charge in [0, 0.05) is 48.7 Å². The number of allylic oxidation sites excluding steroid dienone is 2. The molecule has 0 saturated carbocycles. The van der Waals surface area contributed by atoms with Crippen molar-refractivity contribution in [2.75, 3.05) is 6.54 Å². The van der Waals surface area contributed by atoms with E-state index in [2.05, 4.69) is 78.9 Å². The largest absolute Gasteiger partial charge is 0.323 e. The fourth-order valence-electron chi connectivity index (χ4n) is 4.77. The molecular weight excluding hydrogens is 392 g/mol. The number of nitrogens with one attached hydrogen (secondary N) is 1. The summed E-state index contributed by atoms with van der Waals surface area (Å²) in [5.74, 6) is 0.407. The molecule has 2 aromatic carbocycles. The SMILES string of the molecule is CC(C)[C@H](N)C1=NC=C(c2ccc(-c3ccc(C4=CN=C([C@@H]5CCCN5)C4)cc3)cc2)C1. The molecule has 0 spiro atoms. The highest BCUT2D eigenvalue weighted by Crippen LogP contribution is 2.31. The summed E-state index contributed by atoms with van der Waals surface area (Å²) in [5.41, 5.74) is 16.2. The lowest BCUT2D eigenvalue weighted by atomic mass is 9.93. The van der Waals surface area contributed by atoms with Crippen LogP contribution in [0.25, 0.3) is 22.3 Å². The summed E-state index contributed by atoms with van der Waals surface area (Å²) >= 11 is 0. The second kappa shape index (κ2) is 8.97. The normalized spacial score (nSPS) is 21.4. The zero-order valence-corrected chi connectivity index (χ0v) is 19.0. The number of nitrogens with zero attached hydrogens (tertiary/aromatic N) is 2. The first-order chi connectivity index (χ1) is 15.6. The number of nitrogens with two attached hydrogens (primary N) is 1. The van der Waals surface area contributed by atoms with E-state index in [1.54, 1.807) is 0 Å². The maximum absolute atomic E-state index is 6.28. The molecule has 1 saturated heterocycles. The van der Waals surface area contributed by atoms with Gasteiger partial charge in [-0.2, -0.15) is 0 Å². The predicted octanol–water partition coefficient (Wildman–Crippen LogP) is 5.46. The lowest BCUT2D eigenvalue weighted by Crippen LogP contribution is -2.34. The summed E-state index contributed by atoms with van der Waals surface area (Å²) in [5, 5.41) is 3.56. The third-order valence-electron chi connectivity index (χ3n) is 6.93. The van der Waals surface area contributed by atoms with Crippen LogP contribution in [-0.4, -0.2) is 30.1 Å². The van der Waals surface area contributed by atoms with Crippen LogP contribution in [0.1, 0.15) is 50.7 Å². The van der Waals surface area contributed by atoms with E-state index in [0.29, 0.717) is 12.0 Å². The number of hydrogen-bond acceptors (Lipinski definition) is 4. The molecule has 4 heteroatoms. The van der Waals surface area contributed by atoms with Crippen LogP contribution in [0, 0.1) is 5.92 Å². The standard InChI is InChI=1S/C28H32N4/c1-18(2)28(29)27-15-24(17-32-27)22-11-7-20(8-12-22)19-5-9-21(10-6-19)23-14-26(31-16-23)25-4-3-13-30-25/h5-12,16-18,25,28,30H,3-4,13-15,29H2,1-2H3/t25-,28-/m0/s1. The highest BCUT2D eigenvalue weighted by molar-refractivity contribution is 6.02. The van der Waals surface area contributed by atoms with Crippen molar-refractivity contribution in [3.8, 4) is 11.1 Å². The van der Waals surface area contributed by atoms with Crippen LogP contribution in [0.3, 0.4) is 0 Å². The average molecular weight is 425 g/mol. The molecule has 1 fully saturated rings. The van der Waals surface area contributed by atoms with Gasteiger partial charge in [0.25, 0.3) is 0 Å². The molecule has 5 rings (SSSR count). The Bertz CT molecular complexity index is 1020. The Kier molecular flexibility index (Phi) is 5.90. The molecule has 2 aromatic rings. The molecule has 3 aliphatic heterocycles. The monoisotopic (exact) mass is 424 g/mol. The third kappa shape index (κ3) is 4.25. The zero-order chi connectivity index (χ0) is 22.1. The van der Waals surface area contributed by atoms with Crippen LogP contribution in [0.5, 0.6) is 0 Å². The Hall–Kier alpha value is -2.82. The van der Waals surface area contributed by atoms with E-state index in [1.165, 1.54) is 52.0 Å². The summed E-state index contributed by atoms with van der Waals surface area (Å²) in [6, 6.07) is 18.2. The molecule has 32 heavy (non-hydrogen) atoms. The van der Waals surface area contributed by atoms with Crippen LogP contribution < -0.4 is 11.1 Å². The summed E-state index contributed by atoms with van der Waals surface area (Å²) in [4.78, 5) is 9.28. The minimum Gasteiger partial charge on any atom is -0.323 e. The van der Waals surface area contributed by atoms with Crippen molar-refractivity contribution in [3.05, 3.63) is 72.1 Å². The molecule has 0 radical (unpaired) electrons. The lowest BCUT2D eigenvalue weighted by Gasteiger charge is -2.16. The van der Waals surface area contributed by atoms with Gasteiger partial charge in [-0.1, -0.05) is 62.4 Å². The van der Waals surface area contributed by atoms with Crippen molar-refractivity contribution in [2.45, 2.75) is 51.6 Å². The minimum absolute atomic E-state index is 0.0347. The molecule has 0 aliphatic carbocycles. The summed E-state index contributed by atoms with van der Waals surface area (Å²) in [7, 11) is 0. The van der Waals surface area contributed by atoms with Crippen LogP contribution in [0.4, 0.5) is 0 Å². The molecule has 3 N–H and O–H groups in total. The van der Waals surface area contributed by atoms with Crippen LogP contribution in [0.15, 0.2) is 70.9 Å². The predicted molar refractivity (Wildman–Crippen MR) is 136 cm³/mol. The van der Waals surface area contributed by atoms with Gasteiger partial charge in [-0.15, -0.1) is 0 Å². The van der Waals surface area contributed by atoms with Crippen molar-refractivity contribution in [1.82, 2.24) is 5.32 Å². The first-order valence-corrected chi connectivity index (χ1v) is 11.8. The Morgan fingerprint density at radius 3 is 1.94 bits per heavy atom. The quantitative estimate of drug-likeness (QED) is 0.647. The van der Waals surface area contributed by atoms with Gasteiger partial charge in [0.1, 0.15) is 0 Å². The van der Waals surface area contributed by atoms with Crippen molar-refractivity contribution < 1.29 is 0 Å². The van der Waals surface area contributed by atoms with E-state index < -0.39 is 0 Å². The fraction of sp³-hybridized carbons (Fsp3) is 0.357.